The zero-order chi connectivity index (χ0) is 41.4. The summed E-state index contributed by atoms with van der Waals surface area (Å²) in [5.41, 5.74) is 12.4. The molecule has 0 spiro atoms. The smallest absolute Gasteiger partial charge is 0.164 e. The molecule has 0 aliphatic rings. The van der Waals surface area contributed by atoms with Crippen LogP contribution in [0.25, 0.3) is 126 Å². The quantitative estimate of drug-likeness (QED) is 0.168. The van der Waals surface area contributed by atoms with Gasteiger partial charge in [-0.05, 0) is 95.1 Å². The third-order valence-electron chi connectivity index (χ3n) is 12.2. The lowest BCUT2D eigenvalue weighted by Gasteiger charge is -2.11. The van der Waals surface area contributed by atoms with E-state index in [9.17, 15) is 0 Å². The molecule has 0 aliphatic heterocycles. The van der Waals surface area contributed by atoms with Crippen molar-refractivity contribution in [3.05, 3.63) is 206 Å². The molecule has 0 atom stereocenters. The Hall–Kier alpha value is -8.19. The molecule has 0 aliphatic carbocycles. The molecule has 4 aromatic heterocycles. The average Bonchev–Trinajstić information content (AvgIpc) is 4.03. The monoisotopic (exact) mass is 822 g/mol. The summed E-state index contributed by atoms with van der Waals surface area (Å²) in [7, 11) is 0. The van der Waals surface area contributed by atoms with E-state index in [1.807, 2.05) is 41.7 Å². The third-order valence-corrected chi connectivity index (χ3v) is 13.4. The minimum Gasteiger partial charge on any atom is -0.456 e. The van der Waals surface area contributed by atoms with Crippen LogP contribution in [0.15, 0.2) is 211 Å². The Bertz CT molecular complexity index is 3910. The van der Waals surface area contributed by atoms with E-state index in [2.05, 4.69) is 180 Å². The van der Waals surface area contributed by atoms with Crippen LogP contribution in [-0.2, 0) is 0 Å². The van der Waals surface area contributed by atoms with Crippen LogP contribution in [0, 0.1) is 0 Å². The predicted molar refractivity (Wildman–Crippen MR) is 262 cm³/mol. The highest BCUT2D eigenvalue weighted by Crippen LogP contribution is 2.45. The van der Waals surface area contributed by atoms with E-state index in [1.54, 1.807) is 0 Å². The van der Waals surface area contributed by atoms with Crippen LogP contribution >= 0.6 is 11.3 Å². The molecule has 0 fully saturated rings. The molecule has 5 nitrogen and oxygen atoms in total. The summed E-state index contributed by atoms with van der Waals surface area (Å²) in [5.74, 6) is 1.80. The molecule has 13 aromatic rings. The van der Waals surface area contributed by atoms with Crippen LogP contribution in [0.1, 0.15) is 0 Å². The molecule has 6 heteroatoms. The highest BCUT2D eigenvalue weighted by molar-refractivity contribution is 7.26. The molecule has 294 valence electrons. The molecule has 0 N–H and O–H groups in total. The second kappa shape index (κ2) is 14.2. The lowest BCUT2D eigenvalue weighted by atomic mass is 9.93. The lowest BCUT2D eigenvalue weighted by molar-refractivity contribution is 0.669. The van der Waals surface area contributed by atoms with E-state index in [4.69, 9.17) is 19.4 Å². The second-order valence-corrected chi connectivity index (χ2v) is 17.0. The molecule has 4 heterocycles. The molecule has 13 rings (SSSR count). The number of fused-ring (bicyclic) bond motifs is 9. The molecular formula is C57H34N4OS. The van der Waals surface area contributed by atoms with E-state index in [0.29, 0.717) is 17.5 Å². The number of hydrogen-bond acceptors (Lipinski definition) is 5. The standard InChI is InChI=1S/C57H34N4OS/c1-4-15-35(16-5-1)39-33-44(54-42-22-11-13-26-51(42)63-52(54)34-39)37-28-30-49-46(31-37)53-43(23-14-25-50(53)62-49)57-59-55(36-17-6-2-7-18-36)58-56(60-57)38-27-29-48-45(32-38)41-21-10-12-24-47(41)61(48)40-19-8-3-9-20-40/h1-34H. The topological polar surface area (TPSA) is 56.7 Å². The van der Waals surface area contributed by atoms with Gasteiger partial charge in [-0.3, -0.25) is 0 Å². The first kappa shape index (κ1) is 35.6. The van der Waals surface area contributed by atoms with Crippen LogP contribution in [0.2, 0.25) is 0 Å². The Morgan fingerprint density at radius 1 is 0.349 bits per heavy atom. The number of hydrogen-bond donors (Lipinski definition) is 0. The summed E-state index contributed by atoms with van der Waals surface area (Å²) in [4.78, 5) is 15.7. The summed E-state index contributed by atoms with van der Waals surface area (Å²) in [6.07, 6.45) is 0. The Kier molecular flexibility index (Phi) is 8.01. The molecule has 0 unspecified atom stereocenters. The Morgan fingerprint density at radius 3 is 1.83 bits per heavy atom. The van der Waals surface area contributed by atoms with Crippen LogP contribution in [0.5, 0.6) is 0 Å². The van der Waals surface area contributed by atoms with Gasteiger partial charge in [-0.15, -0.1) is 11.3 Å². The van der Waals surface area contributed by atoms with Crippen molar-refractivity contribution in [1.82, 2.24) is 19.5 Å². The Morgan fingerprint density at radius 2 is 1.00 bits per heavy atom. The Balaban J connectivity index is 1.02. The van der Waals surface area contributed by atoms with Gasteiger partial charge in [-0.25, -0.2) is 15.0 Å². The van der Waals surface area contributed by atoms with Crippen molar-refractivity contribution >= 4 is 75.3 Å². The maximum absolute atomic E-state index is 6.63. The van der Waals surface area contributed by atoms with E-state index in [1.165, 1.54) is 42.2 Å². The first-order valence-corrected chi connectivity index (χ1v) is 21.9. The number of nitrogens with zero attached hydrogens (tertiary/aromatic N) is 4. The number of benzene rings is 9. The van der Waals surface area contributed by atoms with Crippen molar-refractivity contribution in [2.24, 2.45) is 0 Å². The number of thiophene rings is 1. The molecule has 63 heavy (non-hydrogen) atoms. The van der Waals surface area contributed by atoms with Crippen molar-refractivity contribution in [3.63, 3.8) is 0 Å². The highest BCUT2D eigenvalue weighted by Gasteiger charge is 2.21. The van der Waals surface area contributed by atoms with Gasteiger partial charge in [0.25, 0.3) is 0 Å². The molecular weight excluding hydrogens is 789 g/mol. The van der Waals surface area contributed by atoms with Crippen LogP contribution in [0.3, 0.4) is 0 Å². The first-order valence-electron chi connectivity index (χ1n) is 21.1. The van der Waals surface area contributed by atoms with E-state index >= 15 is 0 Å². The highest BCUT2D eigenvalue weighted by atomic mass is 32.1. The minimum atomic E-state index is 0.585. The molecule has 9 aromatic carbocycles. The maximum Gasteiger partial charge on any atom is 0.164 e. The van der Waals surface area contributed by atoms with Gasteiger partial charge < -0.3 is 8.98 Å². The second-order valence-electron chi connectivity index (χ2n) is 15.9. The van der Waals surface area contributed by atoms with E-state index < -0.39 is 0 Å². The first-order chi connectivity index (χ1) is 31.2. The summed E-state index contributed by atoms with van der Waals surface area (Å²) in [5, 5.41) is 6.81. The third kappa shape index (κ3) is 5.80. The largest absolute Gasteiger partial charge is 0.456 e. The van der Waals surface area contributed by atoms with Crippen molar-refractivity contribution < 1.29 is 4.42 Å². The molecule has 0 radical (unpaired) electrons. The van der Waals surface area contributed by atoms with Crippen LogP contribution < -0.4 is 0 Å². The normalized spacial score (nSPS) is 11.8. The van der Waals surface area contributed by atoms with Gasteiger partial charge in [0, 0.05) is 64.1 Å². The number of furan rings is 1. The molecule has 0 saturated carbocycles. The fraction of sp³-hybridized carbons (Fsp3) is 0. The summed E-state index contributed by atoms with van der Waals surface area (Å²) in [6.45, 7) is 0. The fourth-order valence-corrected chi connectivity index (χ4v) is 10.5. The van der Waals surface area contributed by atoms with E-state index in [-0.39, 0.29) is 0 Å². The zero-order valence-electron chi connectivity index (χ0n) is 33.7. The molecule has 0 amide bonds. The van der Waals surface area contributed by atoms with Gasteiger partial charge in [0.05, 0.1) is 11.0 Å². The maximum atomic E-state index is 6.63. The lowest BCUT2D eigenvalue weighted by Crippen LogP contribution is -2.00. The van der Waals surface area contributed by atoms with Gasteiger partial charge in [0.1, 0.15) is 11.2 Å². The van der Waals surface area contributed by atoms with Gasteiger partial charge in [-0.1, -0.05) is 133 Å². The van der Waals surface area contributed by atoms with Crippen molar-refractivity contribution in [2.45, 2.75) is 0 Å². The summed E-state index contributed by atoms with van der Waals surface area (Å²) in [6, 6.07) is 72.6. The zero-order valence-corrected chi connectivity index (χ0v) is 34.6. The van der Waals surface area contributed by atoms with Crippen LogP contribution in [0.4, 0.5) is 0 Å². The number of para-hydroxylation sites is 2. The summed E-state index contributed by atoms with van der Waals surface area (Å²) >= 11 is 1.84. The number of rotatable bonds is 6. The van der Waals surface area contributed by atoms with Gasteiger partial charge in [0.2, 0.25) is 0 Å². The predicted octanol–water partition coefficient (Wildman–Crippen LogP) is 15.6. The van der Waals surface area contributed by atoms with E-state index in [0.717, 1.165) is 66.3 Å². The number of aromatic nitrogens is 4. The molecule has 0 saturated heterocycles. The van der Waals surface area contributed by atoms with Crippen molar-refractivity contribution in [3.8, 4) is 62.1 Å². The van der Waals surface area contributed by atoms with Crippen molar-refractivity contribution in [2.75, 3.05) is 0 Å². The SMILES string of the molecule is c1ccc(-c2cc(-c3ccc4oc5cccc(-c6nc(-c7ccccc7)nc(-c7ccc8c(c7)c7ccccc7n8-c7ccccc7)n6)c5c4c3)c3c(c2)sc2ccccc23)cc1. The van der Waals surface area contributed by atoms with Crippen LogP contribution in [-0.4, -0.2) is 19.5 Å². The minimum absolute atomic E-state index is 0.585. The van der Waals surface area contributed by atoms with Gasteiger partial charge in [-0.2, -0.15) is 0 Å². The summed E-state index contributed by atoms with van der Waals surface area (Å²) < 4.78 is 11.5. The fourth-order valence-electron chi connectivity index (χ4n) is 9.37. The van der Waals surface area contributed by atoms with Gasteiger partial charge in [0.15, 0.2) is 17.5 Å². The van der Waals surface area contributed by atoms with Crippen molar-refractivity contribution in [1.29, 1.82) is 0 Å². The molecule has 0 bridgehead atoms. The average molecular weight is 823 g/mol. The Labute approximate surface area is 365 Å². The van der Waals surface area contributed by atoms with Gasteiger partial charge >= 0.3 is 0 Å².